The van der Waals surface area contributed by atoms with E-state index in [0.717, 1.165) is 29.9 Å². The molecular weight excluding hydrogens is 274 g/mol. The van der Waals surface area contributed by atoms with E-state index in [1.54, 1.807) is 4.90 Å². The fourth-order valence-electron chi connectivity index (χ4n) is 2.95. The van der Waals surface area contributed by atoms with Crippen LogP contribution in [0.3, 0.4) is 0 Å². The Labute approximate surface area is 132 Å². The molecule has 1 amide bonds. The molecule has 0 saturated heterocycles. The normalized spacial score (nSPS) is 17.5. The Morgan fingerprint density at radius 2 is 2.09 bits per heavy atom. The van der Waals surface area contributed by atoms with E-state index < -0.39 is 0 Å². The van der Waals surface area contributed by atoms with Crippen LogP contribution in [-0.4, -0.2) is 37.2 Å². The summed E-state index contributed by atoms with van der Waals surface area (Å²) >= 11 is 0. The first-order valence-electron chi connectivity index (χ1n) is 7.83. The molecule has 0 saturated carbocycles. The van der Waals surface area contributed by atoms with E-state index in [2.05, 4.69) is 18.7 Å². The molecule has 1 aromatic carbocycles. The molecule has 1 atom stereocenters. The minimum Gasteiger partial charge on any atom is -0.375 e. The van der Waals surface area contributed by atoms with E-state index in [-0.39, 0.29) is 11.8 Å². The number of benzene rings is 1. The number of nitrogens with one attached hydrogen (secondary N) is 1. The first-order valence-corrected chi connectivity index (χ1v) is 7.83. The van der Waals surface area contributed by atoms with Crippen LogP contribution in [0, 0.1) is 18.3 Å². The topological polar surface area (TPSA) is 47.4 Å². The number of likely N-dealkylation sites (N-methyl/N-ethyl adjacent to an activating group) is 1. The number of amides is 1. The second-order valence-corrected chi connectivity index (χ2v) is 5.97. The molecule has 0 radical (unpaired) electrons. The van der Waals surface area contributed by atoms with Gasteiger partial charge in [0.1, 0.15) is 0 Å². The zero-order valence-electron chi connectivity index (χ0n) is 13.9. The first-order chi connectivity index (χ1) is 10.5. The summed E-state index contributed by atoms with van der Waals surface area (Å²) < 4.78 is 0. The van der Waals surface area contributed by atoms with E-state index in [1.165, 1.54) is 6.21 Å². The quantitative estimate of drug-likeness (QED) is 0.868. The van der Waals surface area contributed by atoms with Gasteiger partial charge in [0.15, 0.2) is 0 Å². The lowest BCUT2D eigenvalue weighted by Crippen LogP contribution is -2.34. The van der Waals surface area contributed by atoms with Crippen molar-refractivity contribution in [2.24, 2.45) is 5.92 Å². The number of hydrogen-bond donors (Lipinski definition) is 1. The fraction of sp³-hybridized carbons (Fsp3) is 0.444. The summed E-state index contributed by atoms with van der Waals surface area (Å²) in [6.45, 7) is 7.66. The average molecular weight is 299 g/mol. The molecule has 1 aliphatic rings. The van der Waals surface area contributed by atoms with Crippen molar-refractivity contribution in [2.75, 3.05) is 25.0 Å². The van der Waals surface area contributed by atoms with E-state index in [1.807, 2.05) is 38.2 Å². The summed E-state index contributed by atoms with van der Waals surface area (Å²) in [6.07, 6.45) is 2.17. The van der Waals surface area contributed by atoms with Crippen LogP contribution in [0.4, 0.5) is 5.69 Å². The molecule has 1 N–H and O–H groups in total. The molecule has 0 spiro atoms. The van der Waals surface area contributed by atoms with Gasteiger partial charge in [0.2, 0.25) is 0 Å². The molecule has 2 rings (SSSR count). The molecule has 118 valence electrons. The van der Waals surface area contributed by atoms with Crippen molar-refractivity contribution in [2.45, 2.75) is 27.2 Å². The van der Waals surface area contributed by atoms with Gasteiger partial charge in [-0.2, -0.15) is 0 Å². The average Bonchev–Trinajstić information content (AvgIpc) is 2.63. The van der Waals surface area contributed by atoms with Crippen LogP contribution in [0.1, 0.15) is 25.8 Å². The Balaban J connectivity index is 2.49. The molecule has 1 aromatic rings. The van der Waals surface area contributed by atoms with E-state index in [0.29, 0.717) is 12.1 Å². The highest BCUT2D eigenvalue weighted by atomic mass is 16.2. The van der Waals surface area contributed by atoms with Crippen LogP contribution < -0.4 is 4.90 Å². The van der Waals surface area contributed by atoms with Gasteiger partial charge < -0.3 is 15.2 Å². The lowest BCUT2D eigenvalue weighted by Gasteiger charge is -2.26. The first kappa shape index (κ1) is 16.3. The van der Waals surface area contributed by atoms with Crippen molar-refractivity contribution in [1.82, 2.24) is 4.90 Å². The molecule has 0 aliphatic carbocycles. The van der Waals surface area contributed by atoms with Gasteiger partial charge >= 0.3 is 0 Å². The van der Waals surface area contributed by atoms with Gasteiger partial charge in [0, 0.05) is 37.7 Å². The third-order valence-corrected chi connectivity index (χ3v) is 4.36. The largest absolute Gasteiger partial charge is 0.375 e. The number of nitrogens with zero attached hydrogens (tertiary/aromatic N) is 2. The van der Waals surface area contributed by atoms with Crippen LogP contribution in [0.25, 0.3) is 0 Å². The third kappa shape index (κ3) is 3.06. The van der Waals surface area contributed by atoms with E-state index in [4.69, 9.17) is 5.41 Å². The predicted molar refractivity (Wildman–Crippen MR) is 91.4 cm³/mol. The zero-order valence-corrected chi connectivity index (χ0v) is 13.9. The molecule has 1 unspecified atom stereocenters. The van der Waals surface area contributed by atoms with E-state index in [9.17, 15) is 4.79 Å². The van der Waals surface area contributed by atoms with Crippen molar-refractivity contribution in [3.05, 3.63) is 41.1 Å². The van der Waals surface area contributed by atoms with Crippen molar-refractivity contribution >= 4 is 17.8 Å². The Hall–Kier alpha value is -2.10. The highest BCUT2D eigenvalue weighted by molar-refractivity contribution is 6.19. The lowest BCUT2D eigenvalue weighted by atomic mass is 9.98. The molecule has 4 nitrogen and oxygen atoms in total. The Bertz CT molecular complexity index is 606. The molecule has 1 aliphatic heterocycles. The summed E-state index contributed by atoms with van der Waals surface area (Å²) in [4.78, 5) is 16.9. The van der Waals surface area contributed by atoms with E-state index >= 15 is 0 Å². The van der Waals surface area contributed by atoms with Gasteiger partial charge in [-0.25, -0.2) is 0 Å². The predicted octanol–water partition coefficient (Wildman–Crippen LogP) is 3.22. The second-order valence-electron chi connectivity index (χ2n) is 5.97. The summed E-state index contributed by atoms with van der Waals surface area (Å²) in [5.74, 6) is 0.197. The highest BCUT2D eigenvalue weighted by Gasteiger charge is 2.29. The maximum atomic E-state index is 13.0. The molecular formula is C18H25N3O. The van der Waals surface area contributed by atoms with Gasteiger partial charge in [-0.1, -0.05) is 26.0 Å². The molecule has 0 fully saturated rings. The molecule has 1 heterocycles. The van der Waals surface area contributed by atoms with Gasteiger partial charge in [-0.3, -0.25) is 4.79 Å². The minimum absolute atomic E-state index is 0.0692. The number of anilines is 1. The third-order valence-electron chi connectivity index (χ3n) is 4.36. The summed E-state index contributed by atoms with van der Waals surface area (Å²) in [5, 5.41) is 7.75. The molecule has 22 heavy (non-hydrogen) atoms. The number of allylic oxidation sites excluding steroid dienone is 1. The molecule has 4 heteroatoms. The smallest absolute Gasteiger partial charge is 0.261 e. The standard InChI is InChI=1S/C18H25N3O/c1-5-14(3)17-16(12-19)18(22)21(10-9-20(17)4)15-8-6-7-13(2)11-15/h6-8,11-12,14,19H,5,9-10H2,1-4H3. The van der Waals surface area contributed by atoms with Crippen molar-refractivity contribution < 1.29 is 4.79 Å². The zero-order chi connectivity index (χ0) is 16.3. The van der Waals surface area contributed by atoms with Crippen LogP contribution in [0.15, 0.2) is 35.5 Å². The fourth-order valence-corrected chi connectivity index (χ4v) is 2.95. The maximum Gasteiger partial charge on any atom is 0.261 e. The summed E-state index contributed by atoms with van der Waals surface area (Å²) in [6, 6.07) is 7.97. The SMILES string of the molecule is CCC(C)C1=C(C=N)C(=O)N(c2cccc(C)c2)CCN1C. The van der Waals surface area contributed by atoms with Crippen LogP contribution in [0.2, 0.25) is 0 Å². The Morgan fingerprint density at radius 3 is 2.68 bits per heavy atom. The van der Waals surface area contributed by atoms with Crippen LogP contribution >= 0.6 is 0 Å². The van der Waals surface area contributed by atoms with Gasteiger partial charge in [-0.05, 0) is 37.0 Å². The number of aryl methyl sites for hydroxylation is 1. The number of carbonyl (C=O) groups excluding carboxylic acids is 1. The molecule has 0 bridgehead atoms. The number of hydrogen-bond acceptors (Lipinski definition) is 3. The summed E-state index contributed by atoms with van der Waals surface area (Å²) in [5.41, 5.74) is 3.53. The van der Waals surface area contributed by atoms with Gasteiger partial charge in [0.25, 0.3) is 5.91 Å². The Morgan fingerprint density at radius 1 is 1.36 bits per heavy atom. The lowest BCUT2D eigenvalue weighted by molar-refractivity contribution is -0.114. The molecule has 0 aromatic heterocycles. The number of carbonyl (C=O) groups is 1. The maximum absolute atomic E-state index is 13.0. The minimum atomic E-state index is -0.0692. The highest BCUT2D eigenvalue weighted by Crippen LogP contribution is 2.27. The van der Waals surface area contributed by atoms with Gasteiger partial charge in [-0.15, -0.1) is 0 Å². The van der Waals surface area contributed by atoms with Gasteiger partial charge in [0.05, 0.1) is 5.57 Å². The van der Waals surface area contributed by atoms with Crippen molar-refractivity contribution in [1.29, 1.82) is 5.41 Å². The second kappa shape index (κ2) is 6.77. The van der Waals surface area contributed by atoms with Crippen molar-refractivity contribution in [3.8, 4) is 0 Å². The van der Waals surface area contributed by atoms with Crippen LogP contribution in [0.5, 0.6) is 0 Å². The summed E-state index contributed by atoms with van der Waals surface area (Å²) in [7, 11) is 2.01. The van der Waals surface area contributed by atoms with Crippen molar-refractivity contribution in [3.63, 3.8) is 0 Å². The number of rotatable bonds is 4. The Kier molecular flexibility index (Phi) is 5.01. The monoisotopic (exact) mass is 299 g/mol. The van der Waals surface area contributed by atoms with Crippen LogP contribution in [-0.2, 0) is 4.79 Å².